The molecule has 1 aliphatic rings. The van der Waals surface area contributed by atoms with Crippen molar-refractivity contribution in [2.24, 2.45) is 0 Å². The standard InChI is InChI=1S/C6H12O4.C5H12.C2H4O2.C2H4.CH4/c1-3(7)6-5(9)4(8)2-10-6;1-3-5-4-2;1-2(3)4;1-2;/h3-9H,2H2,1H3;3-5H2,1-2H3;1H3,(H,3,4);1-2H2;1H4/t3-,4+,5-,6-;;;;/m1..../s1. The van der Waals surface area contributed by atoms with Gasteiger partial charge in [0.05, 0.1) is 12.7 Å². The molecule has 4 N–H and O–H groups in total. The molecule has 1 aliphatic heterocycles. The highest BCUT2D eigenvalue weighted by Crippen LogP contribution is 2.16. The number of carboxylic acids is 1. The highest BCUT2D eigenvalue weighted by Gasteiger charge is 2.37. The van der Waals surface area contributed by atoms with Gasteiger partial charge in [-0.2, -0.15) is 0 Å². The Morgan fingerprint density at radius 2 is 1.64 bits per heavy atom. The van der Waals surface area contributed by atoms with Crippen LogP contribution in [-0.4, -0.2) is 57.4 Å². The molecule has 6 heteroatoms. The fourth-order valence-electron chi connectivity index (χ4n) is 1.40. The van der Waals surface area contributed by atoms with Crippen LogP contribution >= 0.6 is 0 Å². The summed E-state index contributed by atoms with van der Waals surface area (Å²) in [5.41, 5.74) is 0. The minimum absolute atomic E-state index is 0. The Balaban J connectivity index is -0.000000116. The van der Waals surface area contributed by atoms with Gasteiger partial charge in [-0.25, -0.2) is 0 Å². The molecule has 0 aliphatic carbocycles. The van der Waals surface area contributed by atoms with Gasteiger partial charge in [0.15, 0.2) is 0 Å². The van der Waals surface area contributed by atoms with Crippen LogP contribution in [0.25, 0.3) is 0 Å². The smallest absolute Gasteiger partial charge is 0.300 e. The summed E-state index contributed by atoms with van der Waals surface area (Å²) in [5.74, 6) is -0.833. The Bertz CT molecular complexity index is 227. The van der Waals surface area contributed by atoms with Crippen molar-refractivity contribution in [3.63, 3.8) is 0 Å². The Morgan fingerprint density at radius 1 is 1.27 bits per heavy atom. The van der Waals surface area contributed by atoms with E-state index in [2.05, 4.69) is 27.0 Å². The van der Waals surface area contributed by atoms with E-state index >= 15 is 0 Å². The molecule has 1 fully saturated rings. The van der Waals surface area contributed by atoms with Gasteiger partial charge < -0.3 is 25.2 Å². The van der Waals surface area contributed by atoms with Crippen LogP contribution in [0.3, 0.4) is 0 Å². The monoisotopic (exact) mass is 324 g/mol. The van der Waals surface area contributed by atoms with E-state index in [0.29, 0.717) is 0 Å². The maximum absolute atomic E-state index is 9.09. The molecule has 0 saturated carbocycles. The predicted octanol–water partition coefficient (Wildman–Crippen LogP) is 2.21. The molecule has 0 unspecified atom stereocenters. The Kier molecular flexibility index (Phi) is 26.5. The van der Waals surface area contributed by atoms with Gasteiger partial charge in [-0.3, -0.25) is 4.79 Å². The number of hydrogen-bond donors (Lipinski definition) is 4. The summed E-state index contributed by atoms with van der Waals surface area (Å²) in [4.78, 5) is 9.00. The van der Waals surface area contributed by atoms with Crippen LogP contribution in [0.15, 0.2) is 13.2 Å². The Morgan fingerprint density at radius 3 is 1.73 bits per heavy atom. The third-order valence-electron chi connectivity index (χ3n) is 2.37. The van der Waals surface area contributed by atoms with Crippen molar-refractivity contribution >= 4 is 5.97 Å². The van der Waals surface area contributed by atoms with E-state index in [9.17, 15) is 0 Å². The first-order valence-corrected chi connectivity index (χ1v) is 7.13. The van der Waals surface area contributed by atoms with Gasteiger partial charge in [0.25, 0.3) is 5.97 Å². The van der Waals surface area contributed by atoms with Crippen LogP contribution in [0.4, 0.5) is 0 Å². The van der Waals surface area contributed by atoms with E-state index in [0.717, 1.165) is 6.92 Å². The molecule has 136 valence electrons. The zero-order valence-corrected chi connectivity index (χ0v) is 13.7. The molecule has 0 spiro atoms. The number of carboxylic acid groups (broad SMARTS) is 1. The van der Waals surface area contributed by atoms with Crippen molar-refractivity contribution in [2.45, 2.75) is 78.8 Å². The number of aliphatic hydroxyl groups is 3. The van der Waals surface area contributed by atoms with E-state index in [1.54, 1.807) is 0 Å². The molecule has 4 atom stereocenters. The van der Waals surface area contributed by atoms with E-state index < -0.39 is 30.4 Å². The molecule has 6 nitrogen and oxygen atoms in total. The summed E-state index contributed by atoms with van der Waals surface area (Å²) in [6.45, 7) is 13.1. The number of carbonyl (C=O) groups is 1. The van der Waals surface area contributed by atoms with Crippen LogP contribution in [0.2, 0.25) is 0 Å². The normalized spacial score (nSPS) is 23.1. The predicted molar refractivity (Wildman–Crippen MR) is 89.9 cm³/mol. The molecule has 1 heterocycles. The number of hydrogen-bond acceptors (Lipinski definition) is 5. The van der Waals surface area contributed by atoms with Crippen LogP contribution in [-0.2, 0) is 9.53 Å². The molecule has 1 rings (SSSR count). The van der Waals surface area contributed by atoms with Gasteiger partial charge in [0, 0.05) is 6.92 Å². The van der Waals surface area contributed by atoms with Gasteiger partial charge in [-0.1, -0.05) is 40.5 Å². The molecular weight excluding hydrogens is 288 g/mol. The Labute approximate surface area is 135 Å². The molecule has 0 bridgehead atoms. The lowest BCUT2D eigenvalue weighted by molar-refractivity contribution is -0.134. The van der Waals surface area contributed by atoms with Gasteiger partial charge in [-0.15, -0.1) is 13.2 Å². The SMILES string of the molecule is C.C=C.CC(=O)O.CCCCC.C[C@@H](O)[C@H]1OC[C@H](O)[C@H]1O. The van der Waals surface area contributed by atoms with Crippen LogP contribution in [0, 0.1) is 0 Å². The fourth-order valence-corrected chi connectivity index (χ4v) is 1.40. The summed E-state index contributed by atoms with van der Waals surface area (Å²) < 4.78 is 4.89. The van der Waals surface area contributed by atoms with Crippen molar-refractivity contribution in [3.8, 4) is 0 Å². The highest BCUT2D eigenvalue weighted by atomic mass is 16.5. The number of rotatable bonds is 3. The lowest BCUT2D eigenvalue weighted by Crippen LogP contribution is -2.36. The third-order valence-corrected chi connectivity index (χ3v) is 2.37. The van der Waals surface area contributed by atoms with Crippen LogP contribution in [0.5, 0.6) is 0 Å². The number of aliphatic hydroxyl groups excluding tert-OH is 3. The molecule has 0 radical (unpaired) electrons. The Hall–Kier alpha value is -0.950. The van der Waals surface area contributed by atoms with Crippen molar-refractivity contribution in [1.82, 2.24) is 0 Å². The molecule has 22 heavy (non-hydrogen) atoms. The van der Waals surface area contributed by atoms with Crippen molar-refractivity contribution < 1.29 is 30.0 Å². The van der Waals surface area contributed by atoms with E-state index in [4.69, 9.17) is 30.0 Å². The summed E-state index contributed by atoms with van der Waals surface area (Å²) in [7, 11) is 0. The molecular formula is C16H36O6. The van der Waals surface area contributed by atoms with Gasteiger partial charge in [-0.05, 0) is 6.92 Å². The van der Waals surface area contributed by atoms with Gasteiger partial charge in [0.2, 0.25) is 0 Å². The largest absolute Gasteiger partial charge is 0.481 e. The van der Waals surface area contributed by atoms with Crippen molar-refractivity contribution in [1.29, 1.82) is 0 Å². The zero-order chi connectivity index (χ0) is 17.4. The summed E-state index contributed by atoms with van der Waals surface area (Å²) >= 11 is 0. The van der Waals surface area contributed by atoms with E-state index in [-0.39, 0.29) is 14.0 Å². The molecule has 0 aromatic carbocycles. The minimum atomic E-state index is -0.944. The second-order valence-electron chi connectivity index (χ2n) is 4.47. The number of ether oxygens (including phenoxy) is 1. The molecule has 0 aromatic heterocycles. The summed E-state index contributed by atoms with van der Waals surface area (Å²) in [6.07, 6.45) is 0.925. The number of aliphatic carboxylic acids is 1. The van der Waals surface area contributed by atoms with Crippen molar-refractivity contribution in [3.05, 3.63) is 13.2 Å². The average molecular weight is 324 g/mol. The maximum atomic E-state index is 9.09. The highest BCUT2D eigenvalue weighted by molar-refractivity contribution is 5.62. The molecule has 0 amide bonds. The quantitative estimate of drug-likeness (QED) is 0.593. The first-order valence-electron chi connectivity index (χ1n) is 7.13. The van der Waals surface area contributed by atoms with Crippen molar-refractivity contribution in [2.75, 3.05) is 6.61 Å². The first-order chi connectivity index (χ1) is 9.77. The summed E-state index contributed by atoms with van der Waals surface area (Å²) in [6, 6.07) is 0. The second-order valence-corrected chi connectivity index (χ2v) is 4.47. The van der Waals surface area contributed by atoms with E-state index in [1.165, 1.54) is 26.2 Å². The average Bonchev–Trinajstić information content (AvgIpc) is 2.73. The first kappa shape index (κ1) is 29.1. The molecule has 1 saturated heterocycles. The maximum Gasteiger partial charge on any atom is 0.300 e. The summed E-state index contributed by atoms with van der Waals surface area (Å²) in [5, 5.41) is 34.4. The second kappa shape index (κ2) is 20.1. The zero-order valence-electron chi connectivity index (χ0n) is 13.7. The fraction of sp³-hybridized carbons (Fsp3) is 0.812. The third kappa shape index (κ3) is 19.1. The number of unbranched alkanes of at least 4 members (excludes halogenated alkanes) is 2. The van der Waals surface area contributed by atoms with Gasteiger partial charge in [0.1, 0.15) is 18.3 Å². The lowest BCUT2D eigenvalue weighted by atomic mass is 10.1. The minimum Gasteiger partial charge on any atom is -0.481 e. The lowest BCUT2D eigenvalue weighted by Gasteiger charge is -2.16. The van der Waals surface area contributed by atoms with Crippen LogP contribution < -0.4 is 0 Å². The molecule has 0 aromatic rings. The van der Waals surface area contributed by atoms with Crippen LogP contribution in [0.1, 0.15) is 54.4 Å². The van der Waals surface area contributed by atoms with E-state index in [1.807, 2.05) is 0 Å². The van der Waals surface area contributed by atoms with Gasteiger partial charge >= 0.3 is 0 Å². The topological polar surface area (TPSA) is 107 Å².